The topological polar surface area (TPSA) is 54.7 Å². The monoisotopic (exact) mass is 271 g/mol. The van der Waals surface area contributed by atoms with E-state index in [1.54, 1.807) is 24.3 Å². The van der Waals surface area contributed by atoms with Crippen LogP contribution in [-0.2, 0) is 0 Å². The number of aromatic nitrogens is 2. The minimum absolute atomic E-state index is 0.313. The van der Waals surface area contributed by atoms with Crippen molar-refractivity contribution in [3.05, 3.63) is 60.2 Å². The van der Waals surface area contributed by atoms with Gasteiger partial charge in [-0.15, -0.1) is 0 Å². The first-order chi connectivity index (χ1) is 9.63. The van der Waals surface area contributed by atoms with Crippen LogP contribution in [0.1, 0.15) is 0 Å². The molecular formula is C15H11F2N3. The smallest absolute Gasteiger partial charge is 0.150 e. The highest BCUT2D eigenvalue weighted by Gasteiger charge is 2.11. The van der Waals surface area contributed by atoms with Crippen molar-refractivity contribution in [1.82, 2.24) is 9.97 Å². The van der Waals surface area contributed by atoms with E-state index >= 15 is 0 Å². The van der Waals surface area contributed by atoms with Crippen LogP contribution in [0.25, 0.3) is 22.6 Å². The maximum Gasteiger partial charge on any atom is 0.150 e. The molecule has 0 amide bonds. The Kier molecular flexibility index (Phi) is 2.95. The molecule has 2 aromatic carbocycles. The maximum atomic E-state index is 12.9. The Morgan fingerprint density at radius 2 is 1.30 bits per heavy atom. The van der Waals surface area contributed by atoms with Gasteiger partial charge in [0.05, 0.1) is 5.69 Å². The molecule has 0 aliphatic rings. The number of anilines is 1. The zero-order valence-corrected chi connectivity index (χ0v) is 10.4. The Hall–Kier alpha value is -2.69. The lowest BCUT2D eigenvalue weighted by atomic mass is 10.1. The third-order valence-corrected chi connectivity index (χ3v) is 2.98. The summed E-state index contributed by atoms with van der Waals surface area (Å²) in [5.41, 5.74) is 7.95. The van der Waals surface area contributed by atoms with Gasteiger partial charge >= 0.3 is 0 Å². The fourth-order valence-corrected chi connectivity index (χ4v) is 1.97. The second-order valence-corrected chi connectivity index (χ2v) is 4.36. The van der Waals surface area contributed by atoms with Crippen molar-refractivity contribution in [2.75, 3.05) is 5.73 Å². The standard InChI is InChI=1S/C15H11F2N3/c16-11-5-1-9(2-6-11)13-14(18)20-15(19-13)10-3-7-12(17)8-4-10/h1-8H,18H2,(H,19,20). The molecule has 1 heterocycles. The van der Waals surface area contributed by atoms with Gasteiger partial charge in [0.1, 0.15) is 23.3 Å². The molecule has 100 valence electrons. The lowest BCUT2D eigenvalue weighted by molar-refractivity contribution is 0.627. The van der Waals surface area contributed by atoms with E-state index in [2.05, 4.69) is 9.97 Å². The number of imidazole rings is 1. The fraction of sp³-hybridized carbons (Fsp3) is 0. The molecule has 3 aromatic rings. The van der Waals surface area contributed by atoms with Crippen molar-refractivity contribution in [1.29, 1.82) is 0 Å². The first-order valence-electron chi connectivity index (χ1n) is 6.01. The molecule has 0 saturated carbocycles. The van der Waals surface area contributed by atoms with E-state index in [1.165, 1.54) is 24.3 Å². The van der Waals surface area contributed by atoms with E-state index in [0.29, 0.717) is 17.3 Å². The summed E-state index contributed by atoms with van der Waals surface area (Å²) in [6.07, 6.45) is 0. The van der Waals surface area contributed by atoms with E-state index in [1.807, 2.05) is 0 Å². The number of benzene rings is 2. The zero-order valence-electron chi connectivity index (χ0n) is 10.4. The van der Waals surface area contributed by atoms with E-state index in [-0.39, 0.29) is 11.6 Å². The molecule has 0 fully saturated rings. The molecule has 3 N–H and O–H groups in total. The maximum absolute atomic E-state index is 12.9. The Balaban J connectivity index is 2.02. The van der Waals surface area contributed by atoms with Crippen LogP contribution >= 0.6 is 0 Å². The number of hydrogen-bond acceptors (Lipinski definition) is 2. The van der Waals surface area contributed by atoms with Crippen LogP contribution in [0, 0.1) is 11.6 Å². The van der Waals surface area contributed by atoms with Gasteiger partial charge in [-0.05, 0) is 48.5 Å². The summed E-state index contributed by atoms with van der Waals surface area (Å²) in [6, 6.07) is 11.9. The minimum atomic E-state index is -0.314. The number of nitrogen functional groups attached to an aromatic ring is 1. The van der Waals surface area contributed by atoms with Crippen LogP contribution < -0.4 is 5.73 Å². The van der Waals surface area contributed by atoms with Crippen molar-refractivity contribution in [3.8, 4) is 22.6 Å². The second kappa shape index (κ2) is 4.77. The van der Waals surface area contributed by atoms with E-state index < -0.39 is 0 Å². The summed E-state index contributed by atoms with van der Waals surface area (Å²) in [6.45, 7) is 0. The highest BCUT2D eigenvalue weighted by atomic mass is 19.1. The Morgan fingerprint density at radius 3 is 1.85 bits per heavy atom. The molecule has 0 bridgehead atoms. The second-order valence-electron chi connectivity index (χ2n) is 4.36. The summed E-state index contributed by atoms with van der Waals surface area (Å²) in [4.78, 5) is 7.29. The van der Waals surface area contributed by atoms with Crippen LogP contribution in [-0.4, -0.2) is 9.97 Å². The van der Waals surface area contributed by atoms with Gasteiger partial charge in [-0.1, -0.05) is 0 Å². The first kappa shape index (κ1) is 12.3. The summed E-state index contributed by atoms with van der Waals surface area (Å²) >= 11 is 0. The molecule has 0 saturated heterocycles. The average molecular weight is 271 g/mol. The van der Waals surface area contributed by atoms with Crippen LogP contribution in [0.2, 0.25) is 0 Å². The number of rotatable bonds is 2. The zero-order chi connectivity index (χ0) is 14.1. The van der Waals surface area contributed by atoms with Gasteiger partial charge in [0, 0.05) is 11.1 Å². The summed E-state index contributed by atoms with van der Waals surface area (Å²) in [7, 11) is 0. The van der Waals surface area contributed by atoms with Gasteiger partial charge in [-0.2, -0.15) is 0 Å². The van der Waals surface area contributed by atoms with Crippen LogP contribution in [0.3, 0.4) is 0 Å². The van der Waals surface area contributed by atoms with Crippen LogP contribution in [0.4, 0.5) is 14.6 Å². The molecule has 0 radical (unpaired) electrons. The van der Waals surface area contributed by atoms with Crippen LogP contribution in [0.5, 0.6) is 0 Å². The molecule has 0 spiro atoms. The summed E-state index contributed by atoms with van der Waals surface area (Å²) in [5, 5.41) is 0. The normalized spacial score (nSPS) is 10.7. The van der Waals surface area contributed by atoms with Gasteiger partial charge in [0.2, 0.25) is 0 Å². The molecule has 20 heavy (non-hydrogen) atoms. The summed E-state index contributed by atoms with van der Waals surface area (Å²) < 4.78 is 25.8. The predicted octanol–water partition coefficient (Wildman–Crippen LogP) is 3.60. The predicted molar refractivity (Wildman–Crippen MR) is 73.8 cm³/mol. The average Bonchev–Trinajstić information content (AvgIpc) is 2.82. The van der Waals surface area contributed by atoms with Gasteiger partial charge in [0.15, 0.2) is 0 Å². The first-order valence-corrected chi connectivity index (χ1v) is 6.01. The summed E-state index contributed by atoms with van der Waals surface area (Å²) in [5.74, 6) is 0.232. The molecular weight excluding hydrogens is 260 g/mol. The SMILES string of the molecule is Nc1nc(-c2ccc(F)cc2)[nH]c1-c1ccc(F)cc1. The Morgan fingerprint density at radius 1 is 0.800 bits per heavy atom. The molecule has 5 heteroatoms. The molecule has 3 nitrogen and oxygen atoms in total. The van der Waals surface area contributed by atoms with Gasteiger partial charge < -0.3 is 10.7 Å². The van der Waals surface area contributed by atoms with Crippen molar-refractivity contribution in [2.45, 2.75) is 0 Å². The number of nitrogens with two attached hydrogens (primary N) is 1. The van der Waals surface area contributed by atoms with Crippen molar-refractivity contribution >= 4 is 5.82 Å². The number of aromatic amines is 1. The number of nitrogens with one attached hydrogen (secondary N) is 1. The Labute approximate surface area is 114 Å². The largest absolute Gasteiger partial charge is 0.382 e. The molecule has 0 aliphatic heterocycles. The van der Waals surface area contributed by atoms with Crippen molar-refractivity contribution < 1.29 is 8.78 Å². The van der Waals surface area contributed by atoms with Gasteiger partial charge in [0.25, 0.3) is 0 Å². The van der Waals surface area contributed by atoms with Gasteiger partial charge in [-0.3, -0.25) is 0 Å². The third-order valence-electron chi connectivity index (χ3n) is 2.98. The van der Waals surface area contributed by atoms with Crippen molar-refractivity contribution in [2.24, 2.45) is 0 Å². The number of nitrogens with zero attached hydrogens (tertiary/aromatic N) is 1. The quantitative estimate of drug-likeness (QED) is 0.748. The highest BCUT2D eigenvalue weighted by molar-refractivity contribution is 5.74. The molecule has 0 atom stereocenters. The van der Waals surface area contributed by atoms with E-state index in [0.717, 1.165) is 11.1 Å². The number of H-pyrrole nitrogens is 1. The highest BCUT2D eigenvalue weighted by Crippen LogP contribution is 2.27. The minimum Gasteiger partial charge on any atom is -0.382 e. The lowest BCUT2D eigenvalue weighted by Crippen LogP contribution is -1.88. The molecule has 0 aliphatic carbocycles. The van der Waals surface area contributed by atoms with Crippen LogP contribution in [0.15, 0.2) is 48.5 Å². The molecule has 1 aromatic heterocycles. The van der Waals surface area contributed by atoms with E-state index in [4.69, 9.17) is 5.73 Å². The van der Waals surface area contributed by atoms with Crippen molar-refractivity contribution in [3.63, 3.8) is 0 Å². The molecule has 3 rings (SSSR count). The fourth-order valence-electron chi connectivity index (χ4n) is 1.97. The number of halogens is 2. The lowest BCUT2D eigenvalue weighted by Gasteiger charge is -1.99. The number of hydrogen-bond donors (Lipinski definition) is 2. The molecule has 0 unspecified atom stereocenters. The van der Waals surface area contributed by atoms with Gasteiger partial charge in [-0.25, -0.2) is 13.8 Å². The Bertz CT molecular complexity index is 731. The third kappa shape index (κ3) is 2.25. The van der Waals surface area contributed by atoms with E-state index in [9.17, 15) is 8.78 Å².